The van der Waals surface area contributed by atoms with E-state index in [1.807, 2.05) is 0 Å². The van der Waals surface area contributed by atoms with Gasteiger partial charge in [0.15, 0.2) is 0 Å². The standard InChI is InChI=1S/C15H18ClN3O3/c16-11-5-3-4-10(8-11)9-18-14(21)15(22)19-12-6-1-2-7-17-13(12)20/h3-5,8,12H,1-2,6-7,9H2,(H,17,20)(H,18,21)(H,19,22)/t12-/m0/s1. The maximum atomic E-state index is 11.8. The van der Waals surface area contributed by atoms with Crippen LogP contribution >= 0.6 is 11.6 Å². The predicted octanol–water partition coefficient (Wildman–Crippen LogP) is 0.741. The first-order chi connectivity index (χ1) is 10.6. The summed E-state index contributed by atoms with van der Waals surface area (Å²) in [6, 6.07) is 6.35. The molecule has 1 aromatic rings. The summed E-state index contributed by atoms with van der Waals surface area (Å²) in [6.45, 7) is 0.801. The van der Waals surface area contributed by atoms with E-state index in [0.29, 0.717) is 18.0 Å². The van der Waals surface area contributed by atoms with E-state index < -0.39 is 17.9 Å². The first-order valence-corrected chi connectivity index (χ1v) is 7.55. The van der Waals surface area contributed by atoms with Crippen LogP contribution in [0, 0.1) is 0 Å². The third-order valence-corrected chi connectivity index (χ3v) is 3.62. The van der Waals surface area contributed by atoms with Gasteiger partial charge in [0.25, 0.3) is 0 Å². The highest BCUT2D eigenvalue weighted by Gasteiger charge is 2.25. The Morgan fingerprint density at radius 3 is 2.86 bits per heavy atom. The highest BCUT2D eigenvalue weighted by molar-refractivity contribution is 6.35. The van der Waals surface area contributed by atoms with E-state index in [4.69, 9.17) is 11.6 Å². The topological polar surface area (TPSA) is 87.3 Å². The zero-order valence-electron chi connectivity index (χ0n) is 12.0. The Morgan fingerprint density at radius 1 is 1.27 bits per heavy atom. The molecule has 1 saturated heterocycles. The van der Waals surface area contributed by atoms with Crippen LogP contribution in [0.4, 0.5) is 0 Å². The first kappa shape index (κ1) is 16.3. The molecular formula is C15H18ClN3O3. The molecule has 1 aliphatic rings. The number of carbonyl (C=O) groups is 3. The maximum absolute atomic E-state index is 11.8. The molecule has 2 rings (SSSR count). The largest absolute Gasteiger partial charge is 0.354 e. The number of rotatable bonds is 3. The normalized spacial score (nSPS) is 18.0. The summed E-state index contributed by atoms with van der Waals surface area (Å²) in [5, 5.41) is 8.24. The van der Waals surface area contributed by atoms with Gasteiger partial charge in [0.2, 0.25) is 5.91 Å². The molecule has 0 aromatic heterocycles. The molecule has 0 unspecified atom stereocenters. The van der Waals surface area contributed by atoms with Crippen molar-refractivity contribution in [3.8, 4) is 0 Å². The van der Waals surface area contributed by atoms with Gasteiger partial charge in [0.05, 0.1) is 0 Å². The third-order valence-electron chi connectivity index (χ3n) is 3.39. The van der Waals surface area contributed by atoms with Crippen molar-refractivity contribution in [3.63, 3.8) is 0 Å². The lowest BCUT2D eigenvalue weighted by atomic mass is 10.1. The second kappa shape index (κ2) is 7.79. The van der Waals surface area contributed by atoms with Crippen molar-refractivity contribution in [3.05, 3.63) is 34.9 Å². The molecule has 1 heterocycles. The van der Waals surface area contributed by atoms with E-state index >= 15 is 0 Å². The second-order valence-corrected chi connectivity index (χ2v) is 5.56. The van der Waals surface area contributed by atoms with Crippen LogP contribution in [0.1, 0.15) is 24.8 Å². The van der Waals surface area contributed by atoms with E-state index in [-0.39, 0.29) is 12.5 Å². The fourth-order valence-electron chi connectivity index (χ4n) is 2.21. The fraction of sp³-hybridized carbons (Fsp3) is 0.400. The highest BCUT2D eigenvalue weighted by atomic mass is 35.5. The summed E-state index contributed by atoms with van der Waals surface area (Å²) in [5.41, 5.74) is 0.792. The summed E-state index contributed by atoms with van der Waals surface area (Å²) in [5.74, 6) is -1.81. The van der Waals surface area contributed by atoms with Crippen LogP contribution in [-0.4, -0.2) is 30.3 Å². The first-order valence-electron chi connectivity index (χ1n) is 7.17. The smallest absolute Gasteiger partial charge is 0.309 e. The molecular weight excluding hydrogens is 306 g/mol. The minimum Gasteiger partial charge on any atom is -0.354 e. The molecule has 0 spiro atoms. The molecule has 1 atom stereocenters. The van der Waals surface area contributed by atoms with Crippen LogP contribution in [0.5, 0.6) is 0 Å². The Balaban J connectivity index is 1.84. The van der Waals surface area contributed by atoms with Gasteiger partial charge in [-0.3, -0.25) is 14.4 Å². The molecule has 3 amide bonds. The predicted molar refractivity (Wildman–Crippen MR) is 82.1 cm³/mol. The molecule has 0 saturated carbocycles. The van der Waals surface area contributed by atoms with E-state index in [1.54, 1.807) is 24.3 Å². The number of halogens is 1. The Hall–Kier alpha value is -2.08. The lowest BCUT2D eigenvalue weighted by molar-refractivity contribution is -0.140. The molecule has 0 radical (unpaired) electrons. The average Bonchev–Trinajstić information content (AvgIpc) is 2.70. The zero-order valence-corrected chi connectivity index (χ0v) is 12.8. The Bertz CT molecular complexity index is 577. The van der Waals surface area contributed by atoms with Crippen molar-refractivity contribution in [1.29, 1.82) is 0 Å². The maximum Gasteiger partial charge on any atom is 0.309 e. The molecule has 7 heteroatoms. The molecule has 22 heavy (non-hydrogen) atoms. The van der Waals surface area contributed by atoms with Crippen LogP contribution in [0.2, 0.25) is 5.02 Å². The lowest BCUT2D eigenvalue weighted by Crippen LogP contribution is -2.50. The van der Waals surface area contributed by atoms with Crippen molar-refractivity contribution in [2.75, 3.05) is 6.54 Å². The summed E-state index contributed by atoms with van der Waals surface area (Å²) in [6.07, 6.45) is 2.24. The van der Waals surface area contributed by atoms with Gasteiger partial charge in [0.1, 0.15) is 6.04 Å². The second-order valence-electron chi connectivity index (χ2n) is 5.13. The van der Waals surface area contributed by atoms with Crippen molar-refractivity contribution >= 4 is 29.3 Å². The monoisotopic (exact) mass is 323 g/mol. The van der Waals surface area contributed by atoms with Gasteiger partial charge in [-0.2, -0.15) is 0 Å². The van der Waals surface area contributed by atoms with Gasteiger partial charge in [-0.15, -0.1) is 0 Å². The van der Waals surface area contributed by atoms with Crippen molar-refractivity contribution in [2.24, 2.45) is 0 Å². The summed E-state index contributed by atoms with van der Waals surface area (Å²) in [7, 11) is 0. The SMILES string of the molecule is O=C(NCc1cccc(Cl)c1)C(=O)N[C@H]1CCCCNC1=O. The number of hydrogen-bond donors (Lipinski definition) is 3. The van der Waals surface area contributed by atoms with Gasteiger partial charge in [0, 0.05) is 18.1 Å². The van der Waals surface area contributed by atoms with Gasteiger partial charge in [-0.1, -0.05) is 23.7 Å². The third kappa shape index (κ3) is 4.73. The summed E-state index contributed by atoms with van der Waals surface area (Å²) >= 11 is 5.85. The Kier molecular flexibility index (Phi) is 5.77. The number of carbonyl (C=O) groups excluding carboxylic acids is 3. The molecule has 0 aliphatic carbocycles. The van der Waals surface area contributed by atoms with E-state index in [9.17, 15) is 14.4 Å². The van der Waals surface area contributed by atoms with Crippen LogP contribution in [0.3, 0.4) is 0 Å². The van der Waals surface area contributed by atoms with Gasteiger partial charge >= 0.3 is 11.8 Å². The highest BCUT2D eigenvalue weighted by Crippen LogP contribution is 2.10. The molecule has 6 nitrogen and oxygen atoms in total. The van der Waals surface area contributed by atoms with Gasteiger partial charge in [-0.25, -0.2) is 0 Å². The quantitative estimate of drug-likeness (QED) is 0.717. The molecule has 3 N–H and O–H groups in total. The molecule has 1 aliphatic heterocycles. The Labute approximate surface area is 133 Å². The number of hydrogen-bond acceptors (Lipinski definition) is 3. The van der Waals surface area contributed by atoms with E-state index in [1.165, 1.54) is 0 Å². The minimum absolute atomic E-state index is 0.198. The number of nitrogens with one attached hydrogen (secondary N) is 3. The van der Waals surface area contributed by atoms with Gasteiger partial charge in [-0.05, 0) is 37.0 Å². The molecule has 1 aromatic carbocycles. The lowest BCUT2D eigenvalue weighted by Gasteiger charge is -2.14. The Morgan fingerprint density at radius 2 is 2.09 bits per heavy atom. The van der Waals surface area contributed by atoms with Crippen LogP contribution in [-0.2, 0) is 20.9 Å². The minimum atomic E-state index is -0.802. The summed E-state index contributed by atoms with van der Waals surface area (Å²) < 4.78 is 0. The van der Waals surface area contributed by atoms with Crippen LogP contribution in [0.25, 0.3) is 0 Å². The van der Waals surface area contributed by atoms with Crippen LogP contribution < -0.4 is 16.0 Å². The van der Waals surface area contributed by atoms with Gasteiger partial charge < -0.3 is 16.0 Å². The number of amides is 3. The van der Waals surface area contributed by atoms with E-state index in [0.717, 1.165) is 18.4 Å². The molecule has 118 valence electrons. The molecule has 0 bridgehead atoms. The number of benzene rings is 1. The molecule has 1 fully saturated rings. The average molecular weight is 324 g/mol. The van der Waals surface area contributed by atoms with Crippen molar-refractivity contribution in [2.45, 2.75) is 31.8 Å². The summed E-state index contributed by atoms with van der Waals surface area (Å²) in [4.78, 5) is 35.3. The fourth-order valence-corrected chi connectivity index (χ4v) is 2.42. The van der Waals surface area contributed by atoms with Crippen molar-refractivity contribution < 1.29 is 14.4 Å². The van der Waals surface area contributed by atoms with E-state index in [2.05, 4.69) is 16.0 Å². The zero-order chi connectivity index (χ0) is 15.9. The van der Waals surface area contributed by atoms with Crippen molar-refractivity contribution in [1.82, 2.24) is 16.0 Å². The van der Waals surface area contributed by atoms with Crippen LogP contribution in [0.15, 0.2) is 24.3 Å².